The largest absolute Gasteiger partial charge is 0.323 e. The molecule has 1 aromatic carbocycles. The Labute approximate surface area is 82.5 Å². The van der Waals surface area contributed by atoms with Gasteiger partial charge in [-0.1, -0.05) is 24.3 Å². The highest BCUT2D eigenvalue weighted by atomic mass is 31.2. The molecule has 0 saturated carbocycles. The van der Waals surface area contributed by atoms with E-state index in [-0.39, 0.29) is 11.7 Å². The molecule has 74 valence electrons. The molecule has 1 atom stereocenters. The molecule has 3 nitrogen and oxygen atoms in total. The molecule has 0 radical (unpaired) electrons. The molecular formula is C10H11O3P. The lowest BCUT2D eigenvalue weighted by atomic mass is 10.1. The zero-order chi connectivity index (χ0) is 10.2. The first-order valence-electron chi connectivity index (χ1n) is 4.54. The summed E-state index contributed by atoms with van der Waals surface area (Å²) >= 11 is 0. The van der Waals surface area contributed by atoms with Crippen LogP contribution in [0, 0.1) is 0 Å². The molecule has 0 bridgehead atoms. The van der Waals surface area contributed by atoms with Crippen molar-refractivity contribution < 1.29 is 13.9 Å². The van der Waals surface area contributed by atoms with Crippen LogP contribution < -0.4 is 0 Å². The quantitative estimate of drug-likeness (QED) is 0.705. The van der Waals surface area contributed by atoms with Gasteiger partial charge in [0, 0.05) is 5.56 Å². The van der Waals surface area contributed by atoms with Gasteiger partial charge in [0.05, 0.1) is 12.8 Å². The maximum atomic E-state index is 12.0. The normalized spacial score (nSPS) is 25.1. The number of carbonyl (C=O) groups is 1. The van der Waals surface area contributed by atoms with E-state index >= 15 is 0 Å². The molecule has 1 aromatic rings. The summed E-state index contributed by atoms with van der Waals surface area (Å²) in [4.78, 5) is 11.7. The second kappa shape index (κ2) is 3.34. The molecule has 1 heterocycles. The van der Waals surface area contributed by atoms with Crippen LogP contribution in [0.4, 0.5) is 0 Å². The van der Waals surface area contributed by atoms with Crippen molar-refractivity contribution in [3.63, 3.8) is 0 Å². The van der Waals surface area contributed by atoms with Crippen LogP contribution in [0.1, 0.15) is 22.8 Å². The van der Waals surface area contributed by atoms with Gasteiger partial charge in [0.25, 0.3) is 7.37 Å². The van der Waals surface area contributed by atoms with Crippen molar-refractivity contribution in [3.05, 3.63) is 35.4 Å². The zero-order valence-corrected chi connectivity index (χ0v) is 8.79. The summed E-state index contributed by atoms with van der Waals surface area (Å²) < 4.78 is 17.1. The first-order chi connectivity index (χ1) is 6.67. The Morgan fingerprint density at radius 2 is 2.14 bits per heavy atom. The number of fused-ring (bicyclic) bond motifs is 1. The number of hydrogen-bond acceptors (Lipinski definition) is 3. The first-order valence-corrected chi connectivity index (χ1v) is 6.35. The zero-order valence-electron chi connectivity index (χ0n) is 7.90. The number of benzene rings is 1. The van der Waals surface area contributed by atoms with Crippen LogP contribution in [0.2, 0.25) is 0 Å². The lowest BCUT2D eigenvalue weighted by Crippen LogP contribution is -1.97. The van der Waals surface area contributed by atoms with Crippen molar-refractivity contribution in [2.24, 2.45) is 0 Å². The van der Waals surface area contributed by atoms with Gasteiger partial charge in [-0.15, -0.1) is 0 Å². The molecule has 0 fully saturated rings. The van der Waals surface area contributed by atoms with Crippen molar-refractivity contribution in [1.29, 1.82) is 0 Å². The number of carbonyl (C=O) groups excluding carboxylic acids is 1. The van der Waals surface area contributed by atoms with E-state index in [1.54, 1.807) is 19.1 Å². The molecule has 14 heavy (non-hydrogen) atoms. The van der Waals surface area contributed by atoms with Gasteiger partial charge in [-0.2, -0.15) is 0 Å². The second-order valence-electron chi connectivity index (χ2n) is 3.21. The second-order valence-corrected chi connectivity index (χ2v) is 5.54. The summed E-state index contributed by atoms with van der Waals surface area (Å²) in [7, 11) is -3.08. The van der Waals surface area contributed by atoms with Gasteiger partial charge in [-0.05, 0) is 12.5 Å². The van der Waals surface area contributed by atoms with Gasteiger partial charge in [0.2, 0.25) is 5.52 Å². The van der Waals surface area contributed by atoms with Crippen LogP contribution in [-0.4, -0.2) is 12.1 Å². The lowest BCUT2D eigenvalue weighted by Gasteiger charge is -2.07. The van der Waals surface area contributed by atoms with Crippen LogP contribution in [0.3, 0.4) is 0 Å². The minimum Gasteiger partial charge on any atom is -0.323 e. The molecule has 0 aliphatic carbocycles. The highest BCUT2D eigenvalue weighted by Gasteiger charge is 2.41. The van der Waals surface area contributed by atoms with Crippen LogP contribution in [0.5, 0.6) is 0 Å². The molecule has 0 saturated heterocycles. The molecule has 4 heteroatoms. The standard InChI is InChI=1S/C10H11O3P/c1-2-13-14(12)7-8-5-3-4-6-9(8)10(14)11/h3-6H,2,7H2,1H3. The minimum absolute atomic E-state index is 0.260. The topological polar surface area (TPSA) is 43.4 Å². The van der Waals surface area contributed by atoms with Gasteiger partial charge in [-0.3, -0.25) is 9.36 Å². The van der Waals surface area contributed by atoms with Gasteiger partial charge in [0.1, 0.15) is 0 Å². The fourth-order valence-corrected chi connectivity index (χ4v) is 3.74. The van der Waals surface area contributed by atoms with E-state index in [1.165, 1.54) is 0 Å². The summed E-state index contributed by atoms with van der Waals surface area (Å²) in [5, 5.41) is 0. The van der Waals surface area contributed by atoms with Crippen molar-refractivity contribution in [3.8, 4) is 0 Å². The maximum Gasteiger partial charge on any atom is 0.275 e. The molecule has 0 spiro atoms. The third kappa shape index (κ3) is 1.33. The van der Waals surface area contributed by atoms with Crippen molar-refractivity contribution >= 4 is 12.9 Å². The smallest absolute Gasteiger partial charge is 0.275 e. The van der Waals surface area contributed by atoms with Crippen LogP contribution in [0.15, 0.2) is 24.3 Å². The molecule has 0 aromatic heterocycles. The third-order valence-electron chi connectivity index (χ3n) is 2.27. The van der Waals surface area contributed by atoms with Crippen LogP contribution in [0.25, 0.3) is 0 Å². The van der Waals surface area contributed by atoms with Gasteiger partial charge in [-0.25, -0.2) is 0 Å². The van der Waals surface area contributed by atoms with E-state index in [1.807, 2.05) is 12.1 Å². The van der Waals surface area contributed by atoms with E-state index in [2.05, 4.69) is 0 Å². The average Bonchev–Trinajstić information content (AvgIpc) is 2.41. The average molecular weight is 210 g/mol. The van der Waals surface area contributed by atoms with E-state index in [9.17, 15) is 9.36 Å². The molecule has 0 amide bonds. The van der Waals surface area contributed by atoms with Crippen molar-refractivity contribution in [2.45, 2.75) is 13.1 Å². The summed E-state index contributed by atoms with van der Waals surface area (Å²) in [5.74, 6) is 0. The third-order valence-corrected chi connectivity index (χ3v) is 4.57. The molecule has 1 unspecified atom stereocenters. The van der Waals surface area contributed by atoms with E-state index in [4.69, 9.17) is 4.52 Å². The Hall–Kier alpha value is -0.920. The summed E-state index contributed by atoms with van der Waals surface area (Å²) in [6, 6.07) is 7.15. The fourth-order valence-electron chi connectivity index (χ4n) is 1.66. The Morgan fingerprint density at radius 3 is 2.79 bits per heavy atom. The van der Waals surface area contributed by atoms with Gasteiger partial charge in [0.15, 0.2) is 0 Å². The molecule has 1 aliphatic heterocycles. The fraction of sp³-hybridized carbons (Fsp3) is 0.300. The molecule has 0 N–H and O–H groups in total. The Balaban J connectivity index is 2.44. The number of hydrogen-bond donors (Lipinski definition) is 0. The van der Waals surface area contributed by atoms with Crippen molar-refractivity contribution in [2.75, 3.05) is 6.61 Å². The SMILES string of the molecule is CCOP1(=O)Cc2ccccc2C1=O. The summed E-state index contributed by atoms with van der Waals surface area (Å²) in [6.45, 7) is 2.06. The van der Waals surface area contributed by atoms with Crippen LogP contribution >= 0.6 is 7.37 Å². The minimum atomic E-state index is -3.08. The first kappa shape index (κ1) is 9.63. The maximum absolute atomic E-state index is 12.0. The molecule has 1 aliphatic rings. The molecule has 2 rings (SSSR count). The van der Waals surface area contributed by atoms with E-state index in [0.29, 0.717) is 12.2 Å². The van der Waals surface area contributed by atoms with E-state index in [0.717, 1.165) is 5.56 Å². The lowest BCUT2D eigenvalue weighted by molar-refractivity contribution is 0.105. The molecular weight excluding hydrogens is 199 g/mol. The highest BCUT2D eigenvalue weighted by Crippen LogP contribution is 2.58. The van der Waals surface area contributed by atoms with E-state index < -0.39 is 7.37 Å². The van der Waals surface area contributed by atoms with Crippen LogP contribution in [-0.2, 0) is 15.3 Å². The number of rotatable bonds is 2. The predicted octanol–water partition coefficient (Wildman–Crippen LogP) is 2.66. The predicted molar refractivity (Wildman–Crippen MR) is 53.7 cm³/mol. The van der Waals surface area contributed by atoms with Crippen molar-refractivity contribution in [1.82, 2.24) is 0 Å². The van der Waals surface area contributed by atoms with Gasteiger partial charge < -0.3 is 4.52 Å². The monoisotopic (exact) mass is 210 g/mol. The van der Waals surface area contributed by atoms with Gasteiger partial charge >= 0.3 is 0 Å². The Morgan fingerprint density at radius 1 is 1.43 bits per heavy atom. The Bertz CT molecular complexity index is 425. The summed E-state index contributed by atoms with van der Waals surface area (Å²) in [5.41, 5.74) is 1.08. The highest BCUT2D eigenvalue weighted by molar-refractivity contribution is 7.76. The summed E-state index contributed by atoms with van der Waals surface area (Å²) in [6.07, 6.45) is 0.260. The Kier molecular flexibility index (Phi) is 2.30.